The Morgan fingerprint density at radius 1 is 1.04 bits per heavy atom. The number of rotatable bonds is 1. The second-order valence-corrected chi connectivity index (χ2v) is 6.59. The Kier molecular flexibility index (Phi) is 2.71. The lowest BCUT2D eigenvalue weighted by Crippen LogP contribution is -2.19. The fourth-order valence-corrected chi connectivity index (χ4v) is 4.27. The van der Waals surface area contributed by atoms with Crippen LogP contribution in [0.4, 0.5) is 0 Å². The van der Waals surface area contributed by atoms with Crippen LogP contribution in [0.1, 0.15) is 27.4 Å². The van der Waals surface area contributed by atoms with E-state index >= 15 is 0 Å². The molecular weight excluding hydrogens is 308 g/mol. The molecule has 23 heavy (non-hydrogen) atoms. The standard InChI is InChI=1S/C19H11ClN2O/c20-14-7-5-12(6-8-14)16-18(10-21,11-22)19(16)9-13-3-1-2-4-15(13)17(19)23/h1-8,16H,9H2. The second-order valence-electron chi connectivity index (χ2n) is 6.15. The first-order valence-corrected chi connectivity index (χ1v) is 7.69. The summed E-state index contributed by atoms with van der Waals surface area (Å²) in [7, 11) is 0. The number of hydrogen-bond acceptors (Lipinski definition) is 3. The van der Waals surface area contributed by atoms with Crippen LogP contribution in [0.3, 0.4) is 0 Å². The molecule has 1 saturated carbocycles. The number of nitriles is 2. The predicted octanol–water partition coefficient (Wildman–Crippen LogP) is 3.90. The molecule has 0 aliphatic heterocycles. The molecule has 4 rings (SSSR count). The van der Waals surface area contributed by atoms with Crippen molar-refractivity contribution < 1.29 is 4.79 Å². The first-order valence-electron chi connectivity index (χ1n) is 7.31. The molecule has 2 aromatic carbocycles. The zero-order valence-corrected chi connectivity index (χ0v) is 12.8. The molecule has 2 aliphatic carbocycles. The molecule has 110 valence electrons. The first kappa shape index (κ1) is 14.0. The predicted molar refractivity (Wildman–Crippen MR) is 84.8 cm³/mol. The second kappa shape index (κ2) is 4.44. The van der Waals surface area contributed by atoms with Crippen LogP contribution in [-0.2, 0) is 6.42 Å². The number of nitrogens with zero attached hydrogens (tertiary/aromatic N) is 2. The van der Waals surface area contributed by atoms with E-state index in [-0.39, 0.29) is 5.78 Å². The van der Waals surface area contributed by atoms with Crippen LogP contribution in [-0.4, -0.2) is 5.78 Å². The lowest BCUT2D eigenvalue weighted by Gasteiger charge is -2.07. The molecule has 2 unspecified atom stereocenters. The van der Waals surface area contributed by atoms with Crippen molar-refractivity contribution in [3.05, 3.63) is 70.2 Å². The van der Waals surface area contributed by atoms with Gasteiger partial charge in [0.25, 0.3) is 0 Å². The topological polar surface area (TPSA) is 64.7 Å². The molecule has 1 fully saturated rings. The highest BCUT2D eigenvalue weighted by Gasteiger charge is 2.83. The zero-order chi connectivity index (χ0) is 16.2. The van der Waals surface area contributed by atoms with E-state index in [0.717, 1.165) is 11.1 Å². The lowest BCUT2D eigenvalue weighted by molar-refractivity contribution is 0.0901. The minimum absolute atomic E-state index is 0.0869. The van der Waals surface area contributed by atoms with Crippen molar-refractivity contribution in [1.29, 1.82) is 10.5 Å². The van der Waals surface area contributed by atoms with Gasteiger partial charge in [0.15, 0.2) is 11.2 Å². The Morgan fingerprint density at radius 3 is 2.30 bits per heavy atom. The van der Waals surface area contributed by atoms with Crippen molar-refractivity contribution >= 4 is 17.4 Å². The van der Waals surface area contributed by atoms with E-state index in [0.29, 0.717) is 17.0 Å². The number of carbonyl (C=O) groups is 1. The third-order valence-electron chi connectivity index (χ3n) is 5.24. The molecule has 4 heteroatoms. The Labute approximate surface area is 138 Å². The van der Waals surface area contributed by atoms with Gasteiger partial charge in [-0.05, 0) is 29.7 Å². The van der Waals surface area contributed by atoms with E-state index < -0.39 is 16.7 Å². The minimum atomic E-state index is -1.31. The molecule has 1 spiro atoms. The summed E-state index contributed by atoms with van der Waals surface area (Å²) in [6.45, 7) is 0. The minimum Gasteiger partial charge on any atom is -0.293 e. The summed E-state index contributed by atoms with van der Waals surface area (Å²) >= 11 is 5.93. The summed E-state index contributed by atoms with van der Waals surface area (Å²) in [4.78, 5) is 13.0. The average Bonchev–Trinajstić information content (AvgIpc) is 3.05. The van der Waals surface area contributed by atoms with Crippen LogP contribution in [0.2, 0.25) is 5.02 Å². The maximum atomic E-state index is 13.0. The van der Waals surface area contributed by atoms with E-state index in [4.69, 9.17) is 11.6 Å². The van der Waals surface area contributed by atoms with Crippen LogP contribution in [0.5, 0.6) is 0 Å². The SMILES string of the molecule is N#CC1(C#N)C(c2ccc(Cl)cc2)C12Cc1ccccc1C2=O. The molecule has 2 atom stereocenters. The third kappa shape index (κ3) is 1.50. The Bertz CT molecular complexity index is 906. The summed E-state index contributed by atoms with van der Waals surface area (Å²) in [5.74, 6) is -0.502. The van der Waals surface area contributed by atoms with Crippen molar-refractivity contribution in [2.75, 3.05) is 0 Å². The van der Waals surface area contributed by atoms with E-state index in [2.05, 4.69) is 12.1 Å². The summed E-state index contributed by atoms with van der Waals surface area (Å²) < 4.78 is 0. The van der Waals surface area contributed by atoms with Gasteiger partial charge in [0, 0.05) is 16.5 Å². The number of fused-ring (bicyclic) bond motifs is 1. The van der Waals surface area contributed by atoms with Crippen LogP contribution < -0.4 is 0 Å². The molecule has 0 heterocycles. The molecule has 0 saturated heterocycles. The highest BCUT2D eigenvalue weighted by atomic mass is 35.5. The normalized spacial score (nSPS) is 26.4. The van der Waals surface area contributed by atoms with Crippen LogP contribution in [0, 0.1) is 33.5 Å². The van der Waals surface area contributed by atoms with Crippen LogP contribution in [0.15, 0.2) is 48.5 Å². The van der Waals surface area contributed by atoms with Gasteiger partial charge in [-0.25, -0.2) is 0 Å². The third-order valence-corrected chi connectivity index (χ3v) is 5.49. The van der Waals surface area contributed by atoms with Gasteiger partial charge < -0.3 is 0 Å². The van der Waals surface area contributed by atoms with Crippen molar-refractivity contribution in [1.82, 2.24) is 0 Å². The summed E-state index contributed by atoms with van der Waals surface area (Å²) in [6.07, 6.45) is 0.441. The molecule has 2 aromatic rings. The Hall–Kier alpha value is -2.62. The number of benzene rings is 2. The fraction of sp³-hybridized carbons (Fsp3) is 0.211. The monoisotopic (exact) mass is 318 g/mol. The van der Waals surface area contributed by atoms with Crippen molar-refractivity contribution in [3.63, 3.8) is 0 Å². The number of Topliss-reactive ketones (excluding diaryl/α,β-unsaturated/α-hetero) is 1. The smallest absolute Gasteiger partial charge is 0.173 e. The number of ketones is 1. The summed E-state index contributed by atoms with van der Waals surface area (Å²) in [6, 6.07) is 18.8. The highest BCUT2D eigenvalue weighted by molar-refractivity contribution is 6.30. The first-order chi connectivity index (χ1) is 11.1. The van der Waals surface area contributed by atoms with Gasteiger partial charge in [0.2, 0.25) is 0 Å². The van der Waals surface area contributed by atoms with Gasteiger partial charge in [-0.3, -0.25) is 4.79 Å². The fourth-order valence-electron chi connectivity index (χ4n) is 4.15. The van der Waals surface area contributed by atoms with Crippen molar-refractivity contribution in [2.45, 2.75) is 12.3 Å². The maximum absolute atomic E-state index is 13.0. The molecule has 3 nitrogen and oxygen atoms in total. The van der Waals surface area contributed by atoms with E-state index in [9.17, 15) is 15.3 Å². The van der Waals surface area contributed by atoms with Gasteiger partial charge in [-0.2, -0.15) is 10.5 Å². The summed E-state index contributed by atoms with van der Waals surface area (Å²) in [5.41, 5.74) is 0.103. The Balaban J connectivity index is 1.89. The molecule has 2 aliphatic rings. The zero-order valence-electron chi connectivity index (χ0n) is 12.1. The van der Waals surface area contributed by atoms with Crippen LogP contribution >= 0.6 is 11.6 Å². The largest absolute Gasteiger partial charge is 0.293 e. The number of carbonyl (C=O) groups excluding carboxylic acids is 1. The van der Waals surface area contributed by atoms with Gasteiger partial charge in [0.1, 0.15) is 0 Å². The van der Waals surface area contributed by atoms with Gasteiger partial charge in [-0.1, -0.05) is 48.0 Å². The average molecular weight is 319 g/mol. The number of hydrogen-bond donors (Lipinski definition) is 0. The van der Waals surface area contributed by atoms with Crippen molar-refractivity contribution in [2.24, 2.45) is 10.8 Å². The van der Waals surface area contributed by atoms with E-state index in [1.54, 1.807) is 30.3 Å². The molecule has 0 radical (unpaired) electrons. The number of halogens is 1. The van der Waals surface area contributed by atoms with E-state index in [1.165, 1.54) is 0 Å². The van der Waals surface area contributed by atoms with E-state index in [1.807, 2.05) is 18.2 Å². The van der Waals surface area contributed by atoms with Crippen molar-refractivity contribution in [3.8, 4) is 12.1 Å². The molecule has 0 aromatic heterocycles. The lowest BCUT2D eigenvalue weighted by atomic mass is 9.90. The highest BCUT2D eigenvalue weighted by Crippen LogP contribution is 2.77. The van der Waals surface area contributed by atoms with Crippen LogP contribution in [0.25, 0.3) is 0 Å². The molecule has 0 amide bonds. The van der Waals surface area contributed by atoms with Gasteiger partial charge in [0.05, 0.1) is 17.6 Å². The molecule has 0 N–H and O–H groups in total. The van der Waals surface area contributed by atoms with Gasteiger partial charge >= 0.3 is 0 Å². The quantitative estimate of drug-likeness (QED) is 0.801. The molecule has 0 bridgehead atoms. The maximum Gasteiger partial charge on any atom is 0.173 e. The summed E-state index contributed by atoms with van der Waals surface area (Å²) in [5, 5.41) is 20.0. The Morgan fingerprint density at radius 2 is 1.70 bits per heavy atom. The molecular formula is C19H11ClN2O. The van der Waals surface area contributed by atoms with Gasteiger partial charge in [-0.15, -0.1) is 0 Å².